The van der Waals surface area contributed by atoms with Gasteiger partial charge in [0.25, 0.3) is 5.91 Å². The lowest BCUT2D eigenvalue weighted by Crippen LogP contribution is -2.28. The van der Waals surface area contributed by atoms with Gasteiger partial charge in [-0.1, -0.05) is 54.6 Å². The van der Waals surface area contributed by atoms with Crippen LogP contribution in [0.25, 0.3) is 10.9 Å². The van der Waals surface area contributed by atoms with Crippen LogP contribution in [0.4, 0.5) is 0 Å². The van der Waals surface area contributed by atoms with E-state index in [1.807, 2.05) is 84.5 Å². The van der Waals surface area contributed by atoms with Crippen LogP contribution in [0.15, 0.2) is 84.1 Å². The zero-order valence-corrected chi connectivity index (χ0v) is 15.9. The van der Waals surface area contributed by atoms with E-state index in [0.717, 1.165) is 27.6 Å². The fourth-order valence-corrected chi connectivity index (χ4v) is 3.90. The molecule has 0 fully saturated rings. The van der Waals surface area contributed by atoms with Crippen molar-refractivity contribution in [2.24, 2.45) is 12.1 Å². The first kappa shape index (κ1) is 17.3. The molecular weight excluding hydrogens is 362 g/mol. The Labute approximate surface area is 168 Å². The second kappa shape index (κ2) is 6.95. The number of para-hydroxylation sites is 3. The van der Waals surface area contributed by atoms with Gasteiger partial charge in [0.2, 0.25) is 0 Å². The summed E-state index contributed by atoms with van der Waals surface area (Å²) >= 11 is 0. The van der Waals surface area contributed by atoms with Gasteiger partial charge in [-0.15, -0.1) is 0 Å². The van der Waals surface area contributed by atoms with Crippen LogP contribution in [-0.4, -0.2) is 16.7 Å². The standard InChI is InChI=1S/C24H19N3O2/c1-27-15-16(17-8-2-5-11-20(17)27)14-25-26-24(28)23-18-9-3-6-12-21(18)29-22-13-7-4-10-19(22)23/h2-15,23H,1H3,(H,26,28)/b25-14+. The van der Waals surface area contributed by atoms with Gasteiger partial charge in [-0.2, -0.15) is 5.10 Å². The fraction of sp³-hybridized carbons (Fsp3) is 0.0833. The van der Waals surface area contributed by atoms with E-state index >= 15 is 0 Å². The first-order chi connectivity index (χ1) is 14.2. The molecule has 1 N–H and O–H groups in total. The van der Waals surface area contributed by atoms with E-state index in [-0.39, 0.29) is 5.91 Å². The Kier molecular flexibility index (Phi) is 4.13. The Bertz CT molecular complexity index is 1210. The van der Waals surface area contributed by atoms with E-state index in [1.54, 1.807) is 6.21 Å². The van der Waals surface area contributed by atoms with Crippen LogP contribution in [0.1, 0.15) is 22.6 Å². The molecule has 29 heavy (non-hydrogen) atoms. The first-order valence-corrected chi connectivity index (χ1v) is 9.45. The van der Waals surface area contributed by atoms with E-state index < -0.39 is 5.92 Å². The number of benzene rings is 3. The van der Waals surface area contributed by atoms with Gasteiger partial charge in [0.15, 0.2) is 0 Å². The van der Waals surface area contributed by atoms with Crippen molar-refractivity contribution in [3.05, 3.63) is 95.7 Å². The average Bonchev–Trinajstić information content (AvgIpc) is 3.07. The van der Waals surface area contributed by atoms with Crippen LogP contribution in [0, 0.1) is 0 Å². The number of hydrogen-bond acceptors (Lipinski definition) is 3. The van der Waals surface area contributed by atoms with Gasteiger partial charge in [0.05, 0.1) is 12.1 Å². The van der Waals surface area contributed by atoms with Crippen LogP contribution in [0.5, 0.6) is 11.5 Å². The molecule has 4 aromatic rings. The molecule has 0 saturated carbocycles. The summed E-state index contributed by atoms with van der Waals surface area (Å²) in [4.78, 5) is 13.1. The molecule has 5 nitrogen and oxygen atoms in total. The molecule has 2 heterocycles. The second-order valence-electron chi connectivity index (χ2n) is 7.06. The van der Waals surface area contributed by atoms with Crippen molar-refractivity contribution in [2.45, 2.75) is 5.92 Å². The lowest BCUT2D eigenvalue weighted by atomic mass is 9.87. The summed E-state index contributed by atoms with van der Waals surface area (Å²) in [7, 11) is 1.99. The minimum absolute atomic E-state index is 0.190. The van der Waals surface area contributed by atoms with Gasteiger partial charge in [-0.25, -0.2) is 5.43 Å². The lowest BCUT2D eigenvalue weighted by Gasteiger charge is -2.26. The number of aryl methyl sites for hydroxylation is 1. The highest BCUT2D eigenvalue weighted by Crippen LogP contribution is 2.43. The third-order valence-corrected chi connectivity index (χ3v) is 5.25. The molecule has 1 aliphatic rings. The van der Waals surface area contributed by atoms with Crippen molar-refractivity contribution in [3.63, 3.8) is 0 Å². The molecule has 0 bridgehead atoms. The second-order valence-corrected chi connectivity index (χ2v) is 7.06. The average molecular weight is 381 g/mol. The molecule has 0 radical (unpaired) electrons. The van der Waals surface area contributed by atoms with Crippen LogP contribution in [-0.2, 0) is 11.8 Å². The monoisotopic (exact) mass is 381 g/mol. The van der Waals surface area contributed by atoms with E-state index in [4.69, 9.17) is 4.74 Å². The Morgan fingerprint density at radius 2 is 1.59 bits per heavy atom. The number of carbonyl (C=O) groups excluding carboxylic acids is 1. The molecule has 3 aromatic carbocycles. The van der Waals surface area contributed by atoms with Gasteiger partial charge in [0, 0.05) is 40.8 Å². The number of hydrazone groups is 1. The Morgan fingerprint density at radius 1 is 0.966 bits per heavy atom. The highest BCUT2D eigenvalue weighted by molar-refractivity contribution is 6.00. The predicted molar refractivity (Wildman–Crippen MR) is 113 cm³/mol. The van der Waals surface area contributed by atoms with Gasteiger partial charge in [-0.05, 0) is 18.2 Å². The van der Waals surface area contributed by atoms with Gasteiger partial charge in [-0.3, -0.25) is 4.79 Å². The maximum absolute atomic E-state index is 13.1. The summed E-state index contributed by atoms with van der Waals surface area (Å²) in [6.45, 7) is 0. The summed E-state index contributed by atoms with van der Waals surface area (Å²) in [6.07, 6.45) is 3.69. The quantitative estimate of drug-likeness (QED) is 0.418. The molecule has 0 unspecified atom stereocenters. The minimum Gasteiger partial charge on any atom is -0.457 e. The lowest BCUT2D eigenvalue weighted by molar-refractivity contribution is -0.121. The molecule has 1 aliphatic heterocycles. The molecule has 1 aromatic heterocycles. The fourth-order valence-electron chi connectivity index (χ4n) is 3.90. The predicted octanol–water partition coefficient (Wildman–Crippen LogP) is 4.57. The SMILES string of the molecule is Cn1cc(/C=N/NC(=O)C2c3ccccc3Oc3ccccc32)c2ccccc21. The number of nitrogens with zero attached hydrogens (tertiary/aromatic N) is 2. The van der Waals surface area contributed by atoms with E-state index in [1.165, 1.54) is 0 Å². The van der Waals surface area contributed by atoms with Crippen molar-refractivity contribution >= 4 is 23.0 Å². The van der Waals surface area contributed by atoms with Crippen molar-refractivity contribution in [2.75, 3.05) is 0 Å². The maximum Gasteiger partial charge on any atom is 0.252 e. The maximum atomic E-state index is 13.1. The van der Waals surface area contributed by atoms with E-state index in [2.05, 4.69) is 16.6 Å². The number of carbonyl (C=O) groups is 1. The summed E-state index contributed by atoms with van der Waals surface area (Å²) < 4.78 is 8.01. The molecule has 1 amide bonds. The molecule has 5 rings (SSSR count). The minimum atomic E-state index is -0.471. The molecule has 0 aliphatic carbocycles. The number of aromatic nitrogens is 1. The topological polar surface area (TPSA) is 55.6 Å². The van der Waals surface area contributed by atoms with Crippen molar-refractivity contribution in [1.82, 2.24) is 9.99 Å². The summed E-state index contributed by atoms with van der Waals surface area (Å²) in [5.74, 6) is 0.735. The first-order valence-electron chi connectivity index (χ1n) is 9.45. The third kappa shape index (κ3) is 2.97. The van der Waals surface area contributed by atoms with Crippen molar-refractivity contribution < 1.29 is 9.53 Å². The number of nitrogens with one attached hydrogen (secondary N) is 1. The molecule has 0 saturated heterocycles. The molecular formula is C24H19N3O2. The Hall–Kier alpha value is -3.86. The summed E-state index contributed by atoms with van der Waals surface area (Å²) in [5, 5.41) is 5.34. The zero-order chi connectivity index (χ0) is 19.8. The van der Waals surface area contributed by atoms with Crippen molar-refractivity contribution in [3.8, 4) is 11.5 Å². The Balaban J connectivity index is 1.45. The number of ether oxygens (including phenoxy) is 1. The van der Waals surface area contributed by atoms with Crippen molar-refractivity contribution in [1.29, 1.82) is 0 Å². The van der Waals surface area contributed by atoms with Crippen LogP contribution >= 0.6 is 0 Å². The van der Waals surface area contributed by atoms with Crippen LogP contribution in [0.3, 0.4) is 0 Å². The van der Waals surface area contributed by atoms with Crippen LogP contribution in [0.2, 0.25) is 0 Å². The number of fused-ring (bicyclic) bond motifs is 3. The smallest absolute Gasteiger partial charge is 0.252 e. The molecule has 0 spiro atoms. The largest absolute Gasteiger partial charge is 0.457 e. The highest BCUT2D eigenvalue weighted by atomic mass is 16.5. The highest BCUT2D eigenvalue weighted by Gasteiger charge is 2.32. The number of rotatable bonds is 3. The molecule has 0 atom stereocenters. The summed E-state index contributed by atoms with van der Waals surface area (Å²) in [6, 6.07) is 23.3. The van der Waals surface area contributed by atoms with Gasteiger partial charge < -0.3 is 9.30 Å². The number of amides is 1. The molecule has 5 heteroatoms. The third-order valence-electron chi connectivity index (χ3n) is 5.25. The van der Waals surface area contributed by atoms with Gasteiger partial charge >= 0.3 is 0 Å². The Morgan fingerprint density at radius 3 is 2.31 bits per heavy atom. The zero-order valence-electron chi connectivity index (χ0n) is 15.9. The van der Waals surface area contributed by atoms with Gasteiger partial charge in [0.1, 0.15) is 11.5 Å². The molecule has 142 valence electrons. The van der Waals surface area contributed by atoms with E-state index in [0.29, 0.717) is 11.5 Å². The summed E-state index contributed by atoms with van der Waals surface area (Å²) in [5.41, 5.74) is 6.47. The van der Waals surface area contributed by atoms with Crippen LogP contribution < -0.4 is 10.2 Å². The van der Waals surface area contributed by atoms with E-state index in [9.17, 15) is 4.79 Å². The number of hydrogen-bond donors (Lipinski definition) is 1. The normalized spacial score (nSPS) is 13.1.